The Labute approximate surface area is 71.1 Å². The minimum atomic E-state index is -1.09. The van der Waals surface area contributed by atoms with E-state index < -0.39 is 5.97 Å². The van der Waals surface area contributed by atoms with Crippen LogP contribution < -0.4 is 5.73 Å². The number of carboxylic acid groups (broad SMARTS) is 1. The predicted octanol–water partition coefficient (Wildman–Crippen LogP) is 0.676. The topological polar surface area (TPSA) is 80.6 Å². The quantitative estimate of drug-likeness (QED) is 0.681. The molecule has 2 rings (SSSR count). The second kappa shape index (κ2) is 2.21. The Morgan fingerprint density at radius 3 is 3.08 bits per heavy atom. The van der Waals surface area contributed by atoms with Gasteiger partial charge in [0.25, 0.3) is 0 Å². The van der Waals surface area contributed by atoms with Crippen LogP contribution in [0.3, 0.4) is 0 Å². The number of nitrogens with zero attached hydrogens (tertiary/aromatic N) is 2. The number of aromatic carboxylic acids is 1. The van der Waals surface area contributed by atoms with Crippen molar-refractivity contribution in [3.63, 3.8) is 0 Å². The van der Waals surface area contributed by atoms with Crippen molar-refractivity contribution in [3.8, 4) is 0 Å². The third-order valence-corrected chi connectivity index (χ3v) is 2.26. The lowest BCUT2D eigenvalue weighted by Gasteiger charge is -1.89. The average Bonchev–Trinajstić information content (AvgIpc) is 2.53. The van der Waals surface area contributed by atoms with Crippen LogP contribution in [-0.2, 0) is 0 Å². The highest BCUT2D eigenvalue weighted by molar-refractivity contribution is 7.15. The minimum absolute atomic E-state index is 0.0816. The number of fused-ring (bicyclic) bond motifs is 1. The smallest absolute Gasteiger partial charge is 0.358 e. The van der Waals surface area contributed by atoms with Gasteiger partial charge in [0.05, 0.1) is 0 Å². The van der Waals surface area contributed by atoms with E-state index in [9.17, 15) is 4.79 Å². The predicted molar refractivity (Wildman–Crippen MR) is 44.4 cm³/mol. The average molecular weight is 183 g/mol. The highest BCUT2D eigenvalue weighted by Gasteiger charge is 2.15. The summed E-state index contributed by atoms with van der Waals surface area (Å²) in [6.45, 7) is 0. The van der Waals surface area contributed by atoms with E-state index in [1.54, 1.807) is 16.0 Å². The molecule has 0 bridgehead atoms. The Morgan fingerprint density at radius 2 is 2.50 bits per heavy atom. The molecule has 2 aromatic rings. The summed E-state index contributed by atoms with van der Waals surface area (Å²) in [6, 6.07) is 0. The highest BCUT2D eigenvalue weighted by Crippen LogP contribution is 2.18. The number of nitrogen functional groups attached to an aromatic ring is 1. The lowest BCUT2D eigenvalue weighted by Crippen LogP contribution is -2.02. The number of hydrogen-bond donors (Lipinski definition) is 2. The second-order valence-corrected chi connectivity index (χ2v) is 3.08. The molecule has 3 N–H and O–H groups in total. The van der Waals surface area contributed by atoms with Crippen molar-refractivity contribution in [2.24, 2.45) is 0 Å². The van der Waals surface area contributed by atoms with Gasteiger partial charge in [-0.05, 0) is 0 Å². The zero-order valence-corrected chi connectivity index (χ0v) is 6.71. The summed E-state index contributed by atoms with van der Waals surface area (Å²) in [5.41, 5.74) is 5.43. The summed E-state index contributed by atoms with van der Waals surface area (Å²) < 4.78 is 1.55. The fraction of sp³-hybridized carbons (Fsp3) is 0. The van der Waals surface area contributed by atoms with Crippen molar-refractivity contribution in [2.45, 2.75) is 0 Å². The first-order valence-electron chi connectivity index (χ1n) is 3.14. The third kappa shape index (κ3) is 0.782. The molecule has 0 fully saturated rings. The van der Waals surface area contributed by atoms with Crippen LogP contribution in [0.4, 0.5) is 5.82 Å². The Bertz CT molecular complexity index is 445. The van der Waals surface area contributed by atoms with Gasteiger partial charge in [-0.2, -0.15) is 0 Å². The fourth-order valence-corrected chi connectivity index (χ4v) is 1.68. The first kappa shape index (κ1) is 7.11. The minimum Gasteiger partial charge on any atom is -0.476 e. The van der Waals surface area contributed by atoms with Crippen molar-refractivity contribution in [1.29, 1.82) is 0 Å². The summed E-state index contributed by atoms with van der Waals surface area (Å²) in [5.74, 6) is -0.915. The van der Waals surface area contributed by atoms with Gasteiger partial charge in [0, 0.05) is 11.6 Å². The molecule has 0 saturated carbocycles. The van der Waals surface area contributed by atoms with Gasteiger partial charge in [-0.25, -0.2) is 9.78 Å². The van der Waals surface area contributed by atoms with Crippen molar-refractivity contribution in [1.82, 2.24) is 9.38 Å². The molecule has 0 atom stereocenters. The van der Waals surface area contributed by atoms with Gasteiger partial charge in [-0.3, -0.25) is 4.40 Å². The number of thiazole rings is 1. The van der Waals surface area contributed by atoms with E-state index in [0.29, 0.717) is 4.96 Å². The maximum Gasteiger partial charge on any atom is 0.358 e. The number of hydrogen-bond acceptors (Lipinski definition) is 4. The van der Waals surface area contributed by atoms with Crippen LogP contribution in [0.15, 0.2) is 11.6 Å². The summed E-state index contributed by atoms with van der Waals surface area (Å²) in [4.78, 5) is 15.0. The molecule has 0 spiro atoms. The monoisotopic (exact) mass is 183 g/mol. The molecule has 2 heterocycles. The molecule has 0 aliphatic rings. The zero-order chi connectivity index (χ0) is 8.72. The van der Waals surface area contributed by atoms with Crippen molar-refractivity contribution < 1.29 is 9.90 Å². The first-order valence-corrected chi connectivity index (χ1v) is 4.02. The van der Waals surface area contributed by atoms with E-state index in [0.717, 1.165) is 0 Å². The van der Waals surface area contributed by atoms with Crippen molar-refractivity contribution >= 4 is 28.1 Å². The summed E-state index contributed by atoms with van der Waals surface area (Å²) in [6.07, 6.45) is 1.69. The van der Waals surface area contributed by atoms with Crippen LogP contribution in [0.1, 0.15) is 10.5 Å². The van der Waals surface area contributed by atoms with E-state index in [1.807, 2.05) is 0 Å². The van der Waals surface area contributed by atoms with Crippen molar-refractivity contribution in [3.05, 3.63) is 17.3 Å². The van der Waals surface area contributed by atoms with Crippen LogP contribution >= 0.6 is 11.3 Å². The number of anilines is 1. The molecular formula is C6H5N3O2S. The highest BCUT2D eigenvalue weighted by atomic mass is 32.1. The lowest BCUT2D eigenvalue weighted by atomic mass is 10.4. The summed E-state index contributed by atoms with van der Waals surface area (Å²) in [7, 11) is 0. The van der Waals surface area contributed by atoms with Crippen LogP contribution in [0.25, 0.3) is 4.96 Å². The third-order valence-electron chi connectivity index (χ3n) is 1.50. The Hall–Kier alpha value is -1.56. The number of carboxylic acids is 1. The van der Waals surface area contributed by atoms with Crippen molar-refractivity contribution in [2.75, 3.05) is 5.73 Å². The van der Waals surface area contributed by atoms with Gasteiger partial charge in [-0.15, -0.1) is 11.3 Å². The Balaban J connectivity index is 2.78. The van der Waals surface area contributed by atoms with E-state index in [2.05, 4.69) is 4.98 Å². The molecule has 0 aliphatic carbocycles. The van der Waals surface area contributed by atoms with E-state index in [4.69, 9.17) is 10.8 Å². The molecule has 0 amide bonds. The molecular weight excluding hydrogens is 178 g/mol. The Morgan fingerprint density at radius 1 is 1.75 bits per heavy atom. The molecule has 0 saturated heterocycles. The summed E-state index contributed by atoms with van der Waals surface area (Å²) in [5, 5.41) is 10.4. The van der Waals surface area contributed by atoms with Gasteiger partial charge in [-0.1, -0.05) is 0 Å². The number of imidazole rings is 1. The number of aromatic nitrogens is 2. The normalized spacial score (nSPS) is 10.7. The molecule has 12 heavy (non-hydrogen) atoms. The van der Waals surface area contributed by atoms with Crippen LogP contribution in [-0.4, -0.2) is 20.5 Å². The maximum absolute atomic E-state index is 10.5. The summed E-state index contributed by atoms with van der Waals surface area (Å²) >= 11 is 1.35. The second-order valence-electron chi connectivity index (χ2n) is 2.21. The largest absolute Gasteiger partial charge is 0.476 e. The lowest BCUT2D eigenvalue weighted by molar-refractivity contribution is 0.0692. The van der Waals surface area contributed by atoms with E-state index >= 15 is 0 Å². The number of nitrogens with two attached hydrogens (primary N) is 1. The van der Waals surface area contributed by atoms with Gasteiger partial charge in [0.15, 0.2) is 10.7 Å². The zero-order valence-electron chi connectivity index (χ0n) is 5.89. The van der Waals surface area contributed by atoms with Crippen LogP contribution in [0.5, 0.6) is 0 Å². The standard InChI is InChI=1S/C6H5N3O2S/c7-4-3(5(10)11)8-6-9(4)1-2-12-6/h1-2H,7H2,(H,10,11). The molecule has 2 aromatic heterocycles. The van der Waals surface area contributed by atoms with E-state index in [1.165, 1.54) is 11.3 Å². The van der Waals surface area contributed by atoms with Gasteiger partial charge in [0.2, 0.25) is 0 Å². The van der Waals surface area contributed by atoms with Gasteiger partial charge < -0.3 is 10.8 Å². The van der Waals surface area contributed by atoms with Crippen LogP contribution in [0.2, 0.25) is 0 Å². The number of rotatable bonds is 1. The molecule has 62 valence electrons. The SMILES string of the molecule is Nc1c(C(=O)O)nc2sccn12. The van der Waals surface area contributed by atoms with Gasteiger partial charge in [0.1, 0.15) is 5.82 Å². The number of carbonyl (C=O) groups is 1. The molecule has 6 heteroatoms. The van der Waals surface area contributed by atoms with E-state index in [-0.39, 0.29) is 11.5 Å². The van der Waals surface area contributed by atoms with Gasteiger partial charge >= 0.3 is 5.97 Å². The molecule has 0 aliphatic heterocycles. The maximum atomic E-state index is 10.5. The Kier molecular flexibility index (Phi) is 1.31. The first-order chi connectivity index (χ1) is 5.70. The molecule has 0 unspecified atom stereocenters. The molecule has 5 nitrogen and oxygen atoms in total. The van der Waals surface area contributed by atoms with Crippen LogP contribution in [0, 0.1) is 0 Å². The molecule has 0 aromatic carbocycles. The molecule has 0 radical (unpaired) electrons. The fourth-order valence-electron chi connectivity index (χ4n) is 0.961.